The van der Waals surface area contributed by atoms with Crippen molar-refractivity contribution in [2.24, 2.45) is 0 Å². The molecule has 0 atom stereocenters. The first-order chi connectivity index (χ1) is 21.9. The predicted octanol–water partition coefficient (Wildman–Crippen LogP) is 11.2. The molecule has 0 amide bonds. The number of pyridine rings is 2. The van der Waals surface area contributed by atoms with Crippen LogP contribution >= 0.6 is 0 Å². The van der Waals surface area contributed by atoms with Gasteiger partial charge in [0.05, 0.1) is 11.1 Å². The van der Waals surface area contributed by atoms with Crippen LogP contribution < -0.4 is 0 Å². The summed E-state index contributed by atoms with van der Waals surface area (Å²) in [6.07, 6.45) is -0.715. The van der Waals surface area contributed by atoms with Gasteiger partial charge in [-0.1, -0.05) is 91.0 Å². The number of para-hydroxylation sites is 1. The van der Waals surface area contributed by atoms with Crippen molar-refractivity contribution < 1.29 is 17.6 Å². The van der Waals surface area contributed by atoms with Gasteiger partial charge in [0.2, 0.25) is 5.71 Å². The van der Waals surface area contributed by atoms with Crippen molar-refractivity contribution in [2.45, 2.75) is 6.18 Å². The number of benzene rings is 5. The first-order valence-corrected chi connectivity index (χ1v) is 14.5. The molecule has 0 spiro atoms. The van der Waals surface area contributed by atoms with E-state index in [4.69, 9.17) is 9.40 Å². The molecule has 0 aliphatic rings. The Morgan fingerprint density at radius 3 is 1.82 bits per heavy atom. The number of rotatable bonds is 4. The van der Waals surface area contributed by atoms with Gasteiger partial charge in [-0.3, -0.25) is 4.98 Å². The first kappa shape index (κ1) is 26.8. The largest absolute Gasteiger partial charge is 0.437 e. The molecule has 0 N–H and O–H groups in total. The molecule has 0 aliphatic carbocycles. The van der Waals surface area contributed by atoms with Gasteiger partial charge in [-0.2, -0.15) is 13.2 Å². The lowest BCUT2D eigenvalue weighted by Gasteiger charge is -2.09. The Morgan fingerprint density at radius 1 is 0.511 bits per heavy atom. The molecule has 0 saturated carbocycles. The van der Waals surface area contributed by atoms with E-state index in [0.29, 0.717) is 5.71 Å². The minimum Gasteiger partial charge on any atom is -0.437 e. The average Bonchev–Trinajstić information content (AvgIpc) is 3.47. The number of alkyl halides is 3. The molecule has 5 aromatic carbocycles. The molecule has 8 aromatic rings. The normalized spacial score (nSPS) is 11.9. The summed E-state index contributed by atoms with van der Waals surface area (Å²) in [5.41, 5.74) is 9.47. The number of hydrogen-bond donors (Lipinski definition) is 0. The van der Waals surface area contributed by atoms with Crippen LogP contribution in [0.3, 0.4) is 0 Å². The Morgan fingerprint density at radius 2 is 1.11 bits per heavy atom. The molecule has 0 fully saturated rings. The van der Waals surface area contributed by atoms with Crippen LogP contribution in [0, 0.1) is 0 Å². The predicted molar refractivity (Wildman–Crippen MR) is 174 cm³/mol. The molecule has 0 radical (unpaired) electrons. The molecule has 8 rings (SSSR count). The Hall–Kier alpha value is -5.75. The second kappa shape index (κ2) is 10.5. The second-order valence-corrected chi connectivity index (χ2v) is 11.0. The quantitative estimate of drug-likeness (QED) is 0.204. The maximum absolute atomic E-state index is 12.9. The monoisotopic (exact) mass is 592 g/mol. The molecule has 3 heterocycles. The highest BCUT2D eigenvalue weighted by Crippen LogP contribution is 2.36. The maximum Gasteiger partial charge on any atom is 0.416 e. The zero-order valence-electron chi connectivity index (χ0n) is 23.7. The van der Waals surface area contributed by atoms with E-state index < -0.39 is 11.7 Å². The Bertz CT molecular complexity index is 2340. The van der Waals surface area contributed by atoms with Crippen molar-refractivity contribution in [3.8, 4) is 44.5 Å². The molecular formula is C39H23F3N2O. The van der Waals surface area contributed by atoms with Crippen LogP contribution in [-0.2, 0) is 6.18 Å². The summed E-state index contributed by atoms with van der Waals surface area (Å²) in [6, 6.07) is 39.9. The SMILES string of the molecule is FC(F)(F)c1ccc(-c2ccc(-c3ccc4cc(-c5ccc(-c6cccc7c6oc6ncccc67)cc5)cnc4c3)cc2)cc1. The van der Waals surface area contributed by atoms with Crippen molar-refractivity contribution in [1.29, 1.82) is 0 Å². The van der Waals surface area contributed by atoms with Gasteiger partial charge in [-0.15, -0.1) is 0 Å². The van der Waals surface area contributed by atoms with E-state index in [9.17, 15) is 13.2 Å². The van der Waals surface area contributed by atoms with E-state index in [-0.39, 0.29) is 0 Å². The summed E-state index contributed by atoms with van der Waals surface area (Å²) in [7, 11) is 0. The van der Waals surface area contributed by atoms with E-state index in [1.165, 1.54) is 12.1 Å². The van der Waals surface area contributed by atoms with Gasteiger partial charge >= 0.3 is 6.18 Å². The van der Waals surface area contributed by atoms with Crippen molar-refractivity contribution in [3.63, 3.8) is 0 Å². The van der Waals surface area contributed by atoms with Crippen LogP contribution in [-0.4, -0.2) is 9.97 Å². The fourth-order valence-electron chi connectivity index (χ4n) is 5.87. The highest BCUT2D eigenvalue weighted by molar-refractivity contribution is 6.08. The molecule has 0 saturated heterocycles. The molecule has 45 heavy (non-hydrogen) atoms. The van der Waals surface area contributed by atoms with Gasteiger partial charge in [0, 0.05) is 39.7 Å². The summed E-state index contributed by atoms with van der Waals surface area (Å²) in [5.74, 6) is 0. The van der Waals surface area contributed by atoms with Crippen LogP contribution in [0.25, 0.3) is 77.5 Å². The first-order valence-electron chi connectivity index (χ1n) is 14.5. The molecule has 0 aliphatic heterocycles. The molecule has 3 aromatic heterocycles. The summed E-state index contributed by atoms with van der Waals surface area (Å²) in [4.78, 5) is 9.14. The molecule has 3 nitrogen and oxygen atoms in total. The zero-order valence-corrected chi connectivity index (χ0v) is 23.7. The maximum atomic E-state index is 12.9. The van der Waals surface area contributed by atoms with Crippen molar-refractivity contribution in [1.82, 2.24) is 9.97 Å². The number of fused-ring (bicyclic) bond motifs is 4. The average molecular weight is 593 g/mol. The number of nitrogens with zero attached hydrogens (tertiary/aromatic N) is 2. The standard InChI is InChI=1S/C39H23F3N2O/c40-39(41,42)32-18-16-25(17-19-32)24-6-8-26(9-7-24)29-14-15-30-21-31(23-44-36(30)22-29)27-10-12-28(13-11-27)33-3-1-4-34-35-5-2-20-43-38(35)45-37(33)34/h1-23H. The van der Waals surface area contributed by atoms with Gasteiger partial charge in [-0.05, 0) is 69.8 Å². The van der Waals surface area contributed by atoms with Gasteiger partial charge in [-0.25, -0.2) is 4.98 Å². The number of aromatic nitrogens is 2. The molecule has 6 heteroatoms. The van der Waals surface area contributed by atoms with Crippen molar-refractivity contribution in [2.75, 3.05) is 0 Å². The Balaban J connectivity index is 1.04. The highest BCUT2D eigenvalue weighted by Gasteiger charge is 2.30. The van der Waals surface area contributed by atoms with E-state index in [2.05, 4.69) is 65.6 Å². The molecule has 0 bridgehead atoms. The summed E-state index contributed by atoms with van der Waals surface area (Å²) in [6.45, 7) is 0. The fourth-order valence-corrected chi connectivity index (χ4v) is 5.87. The van der Waals surface area contributed by atoms with Crippen LogP contribution in [0.5, 0.6) is 0 Å². The topological polar surface area (TPSA) is 38.9 Å². The van der Waals surface area contributed by atoms with Crippen LogP contribution in [0.15, 0.2) is 144 Å². The molecular weight excluding hydrogens is 569 g/mol. The van der Waals surface area contributed by atoms with E-state index in [1.807, 2.05) is 48.7 Å². The van der Waals surface area contributed by atoms with Crippen molar-refractivity contribution in [3.05, 3.63) is 145 Å². The van der Waals surface area contributed by atoms with Gasteiger partial charge < -0.3 is 4.42 Å². The van der Waals surface area contributed by atoms with Gasteiger partial charge in [0.15, 0.2) is 0 Å². The molecule has 216 valence electrons. The van der Waals surface area contributed by atoms with Crippen molar-refractivity contribution >= 4 is 33.0 Å². The zero-order chi connectivity index (χ0) is 30.5. The van der Waals surface area contributed by atoms with E-state index in [0.717, 1.165) is 83.9 Å². The third-order valence-electron chi connectivity index (χ3n) is 8.25. The second-order valence-electron chi connectivity index (χ2n) is 11.0. The van der Waals surface area contributed by atoms with Crippen LogP contribution in [0.2, 0.25) is 0 Å². The highest BCUT2D eigenvalue weighted by atomic mass is 19.4. The third-order valence-corrected chi connectivity index (χ3v) is 8.25. The summed E-state index contributed by atoms with van der Waals surface area (Å²) < 4.78 is 44.9. The third kappa shape index (κ3) is 4.90. The summed E-state index contributed by atoms with van der Waals surface area (Å²) in [5, 5.41) is 3.08. The van der Waals surface area contributed by atoms with Crippen LogP contribution in [0.1, 0.15) is 5.56 Å². The lowest BCUT2D eigenvalue weighted by Crippen LogP contribution is -2.03. The number of furan rings is 1. The number of hydrogen-bond acceptors (Lipinski definition) is 3. The van der Waals surface area contributed by atoms with Crippen LogP contribution in [0.4, 0.5) is 13.2 Å². The molecule has 0 unspecified atom stereocenters. The fraction of sp³-hybridized carbons (Fsp3) is 0.0256. The minimum absolute atomic E-state index is 0.636. The Kier molecular flexibility index (Phi) is 6.24. The lowest BCUT2D eigenvalue weighted by molar-refractivity contribution is -0.137. The summed E-state index contributed by atoms with van der Waals surface area (Å²) >= 11 is 0. The smallest absolute Gasteiger partial charge is 0.416 e. The van der Waals surface area contributed by atoms with E-state index in [1.54, 1.807) is 6.20 Å². The van der Waals surface area contributed by atoms with Gasteiger partial charge in [0.1, 0.15) is 5.58 Å². The van der Waals surface area contributed by atoms with Gasteiger partial charge in [0.25, 0.3) is 0 Å². The Labute approximate surface area is 256 Å². The lowest BCUT2D eigenvalue weighted by atomic mass is 9.97. The number of halogens is 3. The van der Waals surface area contributed by atoms with E-state index >= 15 is 0 Å². The minimum atomic E-state index is -4.34.